The topological polar surface area (TPSA) is 77.3 Å². The third kappa shape index (κ3) is 3.03. The Morgan fingerprint density at radius 3 is 2.74 bits per heavy atom. The number of pyridine rings is 1. The monoisotopic (exact) mass is 433 g/mol. The number of nitrogens with zero attached hydrogens (tertiary/aromatic N) is 6. The molecule has 2 fully saturated rings. The Hall–Kier alpha value is -2.58. The second-order valence-electron chi connectivity index (χ2n) is 8.99. The quantitative estimate of drug-likeness (QED) is 0.529. The summed E-state index contributed by atoms with van der Waals surface area (Å²) in [6.45, 7) is 2.02. The number of aromatic nitrogens is 5. The van der Waals surface area contributed by atoms with Crippen LogP contribution in [0.2, 0.25) is 0 Å². The molecule has 6 rings (SSSR count). The molecule has 7 nitrogen and oxygen atoms in total. The zero-order valence-electron chi connectivity index (χ0n) is 17.7. The van der Waals surface area contributed by atoms with Crippen LogP contribution < -0.4 is 10.6 Å². The van der Waals surface area contributed by atoms with Crippen LogP contribution in [0.15, 0.2) is 53.0 Å². The average Bonchev–Trinajstić information content (AvgIpc) is 3.50. The van der Waals surface area contributed by atoms with Crippen molar-refractivity contribution in [3.05, 3.63) is 43.2 Å². The second-order valence-corrected chi connectivity index (χ2v) is 10.1. The minimum absolute atomic E-state index is 0.349. The van der Waals surface area contributed by atoms with E-state index in [1.165, 1.54) is 24.6 Å². The van der Waals surface area contributed by atoms with Crippen molar-refractivity contribution in [2.24, 2.45) is 18.2 Å². The second kappa shape index (κ2) is 7.24. The van der Waals surface area contributed by atoms with E-state index in [1.807, 2.05) is 38.0 Å². The predicted octanol–water partition coefficient (Wildman–Crippen LogP) is 3.87. The first-order valence-electron chi connectivity index (χ1n) is 11.0. The molecule has 0 aromatic carbocycles. The molecular weight excluding hydrogens is 406 g/mol. The number of hydrogen-bond acceptors (Lipinski definition) is 6. The molecule has 1 aliphatic heterocycles. The Labute approximate surface area is 185 Å². The lowest BCUT2D eigenvalue weighted by Crippen LogP contribution is -2.47. The van der Waals surface area contributed by atoms with Crippen molar-refractivity contribution >= 4 is 34.3 Å². The average molecular weight is 434 g/mol. The lowest BCUT2D eigenvalue weighted by atomic mass is 9.74. The minimum Gasteiger partial charge on any atom is -0.349 e. The molecule has 4 aromatic heterocycles. The first-order chi connectivity index (χ1) is 15.1. The van der Waals surface area contributed by atoms with E-state index in [9.17, 15) is 0 Å². The molecule has 1 saturated carbocycles. The van der Waals surface area contributed by atoms with Gasteiger partial charge in [-0.05, 0) is 37.2 Å². The van der Waals surface area contributed by atoms with Crippen LogP contribution in [-0.2, 0) is 7.05 Å². The van der Waals surface area contributed by atoms with Crippen LogP contribution in [0.25, 0.3) is 16.6 Å². The van der Waals surface area contributed by atoms with Gasteiger partial charge in [0.2, 0.25) is 5.95 Å². The Bertz CT molecular complexity index is 1250. The summed E-state index contributed by atoms with van der Waals surface area (Å²) in [6.07, 6.45) is 17.8. The maximum atomic E-state index is 6.48. The zero-order chi connectivity index (χ0) is 21.0. The van der Waals surface area contributed by atoms with Crippen molar-refractivity contribution in [2.45, 2.75) is 47.9 Å². The van der Waals surface area contributed by atoms with Crippen molar-refractivity contribution in [3.63, 3.8) is 0 Å². The van der Waals surface area contributed by atoms with E-state index in [1.54, 1.807) is 11.8 Å². The molecule has 8 heteroatoms. The molecule has 0 unspecified atom stereocenters. The van der Waals surface area contributed by atoms with Crippen LogP contribution in [0.5, 0.6) is 0 Å². The third-order valence-electron chi connectivity index (χ3n) is 7.39. The highest BCUT2D eigenvalue weighted by molar-refractivity contribution is 7.99. The van der Waals surface area contributed by atoms with Crippen molar-refractivity contribution in [3.8, 4) is 0 Å². The maximum absolute atomic E-state index is 6.48. The highest BCUT2D eigenvalue weighted by Gasteiger charge is 2.43. The molecule has 0 radical (unpaired) electrons. The molecule has 31 heavy (non-hydrogen) atoms. The van der Waals surface area contributed by atoms with Gasteiger partial charge >= 0.3 is 0 Å². The lowest BCUT2D eigenvalue weighted by Gasteiger charge is -2.42. The van der Waals surface area contributed by atoms with Gasteiger partial charge in [-0.2, -0.15) is 0 Å². The summed E-state index contributed by atoms with van der Waals surface area (Å²) in [4.78, 5) is 18.6. The summed E-state index contributed by atoms with van der Waals surface area (Å²) in [5.74, 6) is 0.981. The number of anilines is 1. The van der Waals surface area contributed by atoms with Crippen LogP contribution in [0.4, 0.5) is 5.95 Å². The van der Waals surface area contributed by atoms with Gasteiger partial charge in [-0.15, -0.1) is 0 Å². The minimum atomic E-state index is 0.349. The predicted molar refractivity (Wildman–Crippen MR) is 124 cm³/mol. The first kappa shape index (κ1) is 19.1. The Kier molecular flexibility index (Phi) is 4.47. The van der Waals surface area contributed by atoms with Crippen LogP contribution in [0, 0.1) is 5.41 Å². The number of aryl methyl sites for hydroxylation is 1. The number of fused-ring (bicyclic) bond motifs is 2. The number of imidazole rings is 1. The molecular formula is C23H27N7S. The van der Waals surface area contributed by atoms with E-state index in [4.69, 9.17) is 10.7 Å². The SMILES string of the molecule is Cn1ccc2c(Sc3cnc(N4CCC5(CCC[C@H]5N)CC4)n4ccnc34)cncc21. The van der Waals surface area contributed by atoms with E-state index < -0.39 is 0 Å². The molecule has 2 aliphatic rings. The first-order valence-corrected chi connectivity index (χ1v) is 11.9. The van der Waals surface area contributed by atoms with E-state index in [-0.39, 0.29) is 0 Å². The van der Waals surface area contributed by atoms with E-state index >= 15 is 0 Å². The Morgan fingerprint density at radius 2 is 1.94 bits per heavy atom. The normalized spacial score (nSPS) is 21.0. The summed E-state index contributed by atoms with van der Waals surface area (Å²) >= 11 is 1.68. The highest BCUT2D eigenvalue weighted by atomic mass is 32.2. The van der Waals surface area contributed by atoms with Crippen molar-refractivity contribution < 1.29 is 0 Å². The number of piperidine rings is 1. The standard InChI is InChI=1S/C23H27N7S/c1-28-9-4-16-17(28)13-25-14-18(16)31-19-15-27-22(30-12-8-26-21(19)30)29-10-6-23(7-11-29)5-2-3-20(23)24/h4,8-9,12-15,20H,2-3,5-7,10-11,24H2,1H3/t20-/m1/s1. The summed E-state index contributed by atoms with van der Waals surface area (Å²) in [5.41, 5.74) is 8.90. The molecule has 160 valence electrons. The molecule has 1 saturated heterocycles. The van der Waals surface area contributed by atoms with Gasteiger partial charge in [-0.1, -0.05) is 18.2 Å². The van der Waals surface area contributed by atoms with E-state index in [2.05, 4.69) is 36.1 Å². The highest BCUT2D eigenvalue weighted by Crippen LogP contribution is 2.46. The molecule has 2 N–H and O–H groups in total. The summed E-state index contributed by atoms with van der Waals surface area (Å²) in [7, 11) is 2.04. The van der Waals surface area contributed by atoms with Crippen LogP contribution in [0.1, 0.15) is 32.1 Å². The van der Waals surface area contributed by atoms with Gasteiger partial charge in [0.25, 0.3) is 0 Å². The maximum Gasteiger partial charge on any atom is 0.211 e. The van der Waals surface area contributed by atoms with Gasteiger partial charge in [0.15, 0.2) is 5.65 Å². The van der Waals surface area contributed by atoms with Crippen molar-refractivity contribution in [1.29, 1.82) is 0 Å². The fourth-order valence-electron chi connectivity index (χ4n) is 5.48. The molecule has 1 atom stereocenters. The van der Waals surface area contributed by atoms with Crippen LogP contribution >= 0.6 is 11.8 Å². The third-order valence-corrected chi connectivity index (χ3v) is 8.44. The van der Waals surface area contributed by atoms with E-state index in [0.717, 1.165) is 52.8 Å². The van der Waals surface area contributed by atoms with Crippen LogP contribution in [-0.4, -0.2) is 43.1 Å². The van der Waals surface area contributed by atoms with Gasteiger partial charge in [0.05, 0.1) is 16.6 Å². The number of rotatable bonds is 3. The Morgan fingerprint density at radius 1 is 1.06 bits per heavy atom. The molecule has 1 spiro atoms. The van der Waals surface area contributed by atoms with Gasteiger partial charge in [-0.25, -0.2) is 9.97 Å². The lowest BCUT2D eigenvalue weighted by molar-refractivity contribution is 0.197. The smallest absolute Gasteiger partial charge is 0.211 e. The summed E-state index contributed by atoms with van der Waals surface area (Å²) < 4.78 is 4.23. The van der Waals surface area contributed by atoms with Gasteiger partial charge in [0.1, 0.15) is 0 Å². The molecule has 0 bridgehead atoms. The van der Waals surface area contributed by atoms with E-state index in [0.29, 0.717) is 11.5 Å². The molecule has 4 aromatic rings. The van der Waals surface area contributed by atoms with Gasteiger partial charge in [-0.3, -0.25) is 9.38 Å². The largest absolute Gasteiger partial charge is 0.349 e. The van der Waals surface area contributed by atoms with Crippen molar-refractivity contribution in [2.75, 3.05) is 18.0 Å². The number of nitrogens with two attached hydrogens (primary N) is 1. The molecule has 5 heterocycles. The fourth-order valence-corrected chi connectivity index (χ4v) is 6.46. The molecule has 1 aliphatic carbocycles. The fraction of sp³-hybridized carbons (Fsp3) is 0.435. The van der Waals surface area contributed by atoms with Crippen LogP contribution in [0.3, 0.4) is 0 Å². The van der Waals surface area contributed by atoms with Gasteiger partial charge in [0, 0.05) is 67.4 Å². The summed E-state index contributed by atoms with van der Waals surface area (Å²) in [5, 5.41) is 1.20. The Balaban J connectivity index is 1.30. The van der Waals surface area contributed by atoms with Gasteiger partial charge < -0.3 is 15.2 Å². The molecule has 0 amide bonds. The summed E-state index contributed by atoms with van der Waals surface area (Å²) in [6, 6.07) is 2.50. The van der Waals surface area contributed by atoms with Crippen molar-refractivity contribution in [1.82, 2.24) is 23.9 Å². The number of hydrogen-bond donors (Lipinski definition) is 1. The zero-order valence-corrected chi connectivity index (χ0v) is 18.6.